The number of benzene rings is 1. The number of carbonyl (C=O) groups excluding carboxylic acids is 1. The number of thiophene rings is 2. The van der Waals surface area contributed by atoms with Crippen LogP contribution in [0.2, 0.25) is 0 Å². The molecule has 0 fully saturated rings. The lowest BCUT2D eigenvalue weighted by Crippen LogP contribution is -2.01. The summed E-state index contributed by atoms with van der Waals surface area (Å²) in [5, 5.41) is 2.07. The lowest BCUT2D eigenvalue weighted by molar-refractivity contribution is 0.0997. The summed E-state index contributed by atoms with van der Waals surface area (Å²) in [5.74, 6) is 0.219. The van der Waals surface area contributed by atoms with E-state index in [1.165, 1.54) is 20.5 Å². The first-order chi connectivity index (χ1) is 9.13. The predicted molar refractivity (Wildman–Crippen MR) is 83.7 cm³/mol. The van der Waals surface area contributed by atoms with Crippen LogP contribution in [0.15, 0.2) is 35.7 Å². The van der Waals surface area contributed by atoms with E-state index in [4.69, 9.17) is 0 Å². The second-order valence-corrected chi connectivity index (χ2v) is 6.81. The van der Waals surface area contributed by atoms with Gasteiger partial charge in [0.2, 0.25) is 0 Å². The number of ketones is 1. The Morgan fingerprint density at radius 3 is 2.63 bits per heavy atom. The summed E-state index contributed by atoms with van der Waals surface area (Å²) in [6.45, 7) is 4.18. The van der Waals surface area contributed by atoms with Gasteiger partial charge in [0, 0.05) is 15.8 Å². The largest absolute Gasteiger partial charge is 0.293 e. The fourth-order valence-electron chi connectivity index (χ4n) is 2.09. The molecule has 3 rings (SSSR count). The van der Waals surface area contributed by atoms with Gasteiger partial charge in [-0.2, -0.15) is 0 Å². The smallest absolute Gasteiger partial charge is 0.177 e. The van der Waals surface area contributed by atoms with Crippen molar-refractivity contribution in [2.24, 2.45) is 0 Å². The zero-order valence-corrected chi connectivity index (χ0v) is 12.5. The summed E-state index contributed by atoms with van der Waals surface area (Å²) < 4.78 is 2.43. The fourth-order valence-corrected chi connectivity index (χ4v) is 4.14. The molecule has 3 aromatic rings. The van der Waals surface area contributed by atoms with Crippen LogP contribution in [-0.4, -0.2) is 5.78 Å². The Hall–Kier alpha value is -1.45. The van der Waals surface area contributed by atoms with E-state index < -0.39 is 0 Å². The topological polar surface area (TPSA) is 17.1 Å². The Morgan fingerprint density at radius 1 is 1.05 bits per heavy atom. The van der Waals surface area contributed by atoms with E-state index in [9.17, 15) is 4.79 Å². The number of hydrogen-bond donors (Lipinski definition) is 0. The molecule has 0 spiro atoms. The van der Waals surface area contributed by atoms with Gasteiger partial charge in [0.05, 0.1) is 4.88 Å². The molecule has 2 heterocycles. The van der Waals surface area contributed by atoms with Crippen molar-refractivity contribution in [3.8, 4) is 0 Å². The summed E-state index contributed by atoms with van der Waals surface area (Å²) in [6.07, 6.45) is 0.495. The Kier molecular flexibility index (Phi) is 3.25. The summed E-state index contributed by atoms with van der Waals surface area (Å²) >= 11 is 3.29. The zero-order valence-electron chi connectivity index (χ0n) is 10.9. The molecule has 0 unspecified atom stereocenters. The highest BCUT2D eigenvalue weighted by Gasteiger charge is 2.12. The standard InChI is InChI=1S/C16H14OS2/c1-10-3-4-12(7-11(10)2)8-13(17)15-9-16-14(19-15)5-6-18-16/h3-7,9H,8H2,1-2H3. The number of hydrogen-bond acceptors (Lipinski definition) is 3. The zero-order chi connectivity index (χ0) is 13.4. The van der Waals surface area contributed by atoms with E-state index in [0.717, 1.165) is 10.4 Å². The van der Waals surface area contributed by atoms with Crippen LogP contribution in [0.5, 0.6) is 0 Å². The third-order valence-electron chi connectivity index (χ3n) is 3.35. The van der Waals surface area contributed by atoms with Gasteiger partial charge in [0.25, 0.3) is 0 Å². The quantitative estimate of drug-likeness (QED) is 0.619. The Bertz CT molecular complexity index is 721. The van der Waals surface area contributed by atoms with Crippen molar-refractivity contribution in [1.82, 2.24) is 0 Å². The highest BCUT2D eigenvalue weighted by Crippen LogP contribution is 2.30. The molecule has 1 aromatic carbocycles. The lowest BCUT2D eigenvalue weighted by Gasteiger charge is -2.03. The number of rotatable bonds is 3. The number of aryl methyl sites for hydroxylation is 2. The summed E-state index contributed by atoms with van der Waals surface area (Å²) in [6, 6.07) is 10.4. The Morgan fingerprint density at radius 2 is 1.89 bits per heavy atom. The van der Waals surface area contributed by atoms with Crippen molar-refractivity contribution in [1.29, 1.82) is 0 Å². The van der Waals surface area contributed by atoms with E-state index in [0.29, 0.717) is 6.42 Å². The average molecular weight is 286 g/mol. The van der Waals surface area contributed by atoms with Crippen LogP contribution in [0.3, 0.4) is 0 Å². The minimum atomic E-state index is 0.219. The maximum absolute atomic E-state index is 12.3. The second kappa shape index (κ2) is 4.91. The van der Waals surface area contributed by atoms with Crippen LogP contribution in [0, 0.1) is 13.8 Å². The molecule has 0 amide bonds. The van der Waals surface area contributed by atoms with E-state index >= 15 is 0 Å². The third-order valence-corrected chi connectivity index (χ3v) is 5.48. The second-order valence-electron chi connectivity index (χ2n) is 4.78. The normalized spacial score (nSPS) is 11.1. The molecule has 19 heavy (non-hydrogen) atoms. The van der Waals surface area contributed by atoms with Crippen LogP contribution in [0.1, 0.15) is 26.4 Å². The first-order valence-electron chi connectivity index (χ1n) is 6.20. The molecule has 0 aliphatic carbocycles. The summed E-state index contributed by atoms with van der Waals surface area (Å²) in [5.41, 5.74) is 3.62. The van der Waals surface area contributed by atoms with Gasteiger partial charge in [-0.3, -0.25) is 4.79 Å². The van der Waals surface area contributed by atoms with Gasteiger partial charge in [-0.05, 0) is 48.1 Å². The average Bonchev–Trinajstić information content (AvgIpc) is 2.94. The van der Waals surface area contributed by atoms with Crippen molar-refractivity contribution >= 4 is 37.9 Å². The Labute approximate surface area is 120 Å². The number of fused-ring (bicyclic) bond motifs is 1. The molecular formula is C16H14OS2. The maximum Gasteiger partial charge on any atom is 0.177 e. The first-order valence-corrected chi connectivity index (χ1v) is 7.89. The van der Waals surface area contributed by atoms with E-state index in [-0.39, 0.29) is 5.78 Å². The molecule has 0 aliphatic heterocycles. The van der Waals surface area contributed by atoms with Crippen LogP contribution in [0.4, 0.5) is 0 Å². The van der Waals surface area contributed by atoms with Crippen LogP contribution < -0.4 is 0 Å². The summed E-state index contributed by atoms with van der Waals surface area (Å²) in [7, 11) is 0. The molecule has 1 nitrogen and oxygen atoms in total. The first kappa shape index (κ1) is 12.6. The number of Topliss-reactive ketones (excluding diaryl/α,β-unsaturated/α-hetero) is 1. The molecule has 0 aliphatic rings. The van der Waals surface area contributed by atoms with Crippen molar-refractivity contribution in [3.63, 3.8) is 0 Å². The van der Waals surface area contributed by atoms with Gasteiger partial charge >= 0.3 is 0 Å². The molecule has 0 bridgehead atoms. The van der Waals surface area contributed by atoms with Crippen LogP contribution in [-0.2, 0) is 6.42 Å². The Balaban J connectivity index is 1.84. The SMILES string of the molecule is Cc1ccc(CC(=O)c2cc3sccc3s2)cc1C. The van der Waals surface area contributed by atoms with Gasteiger partial charge in [0.1, 0.15) is 0 Å². The van der Waals surface area contributed by atoms with Crippen molar-refractivity contribution < 1.29 is 4.79 Å². The highest BCUT2D eigenvalue weighted by atomic mass is 32.1. The molecule has 96 valence electrons. The van der Waals surface area contributed by atoms with Gasteiger partial charge in [0.15, 0.2) is 5.78 Å². The fraction of sp³-hybridized carbons (Fsp3) is 0.188. The number of carbonyl (C=O) groups is 1. The van der Waals surface area contributed by atoms with Gasteiger partial charge in [-0.15, -0.1) is 22.7 Å². The molecule has 0 atom stereocenters. The van der Waals surface area contributed by atoms with Crippen molar-refractivity contribution in [2.75, 3.05) is 0 Å². The molecule has 3 heteroatoms. The molecule has 0 radical (unpaired) electrons. The minimum Gasteiger partial charge on any atom is -0.293 e. The van der Waals surface area contributed by atoms with Crippen molar-refractivity contribution in [3.05, 3.63) is 57.3 Å². The molecule has 0 saturated carbocycles. The lowest BCUT2D eigenvalue weighted by atomic mass is 10.0. The maximum atomic E-state index is 12.3. The molecule has 0 N–H and O–H groups in total. The van der Waals surface area contributed by atoms with Gasteiger partial charge in [-0.25, -0.2) is 0 Å². The van der Waals surface area contributed by atoms with Gasteiger partial charge in [-0.1, -0.05) is 18.2 Å². The summed E-state index contributed by atoms with van der Waals surface area (Å²) in [4.78, 5) is 13.2. The highest BCUT2D eigenvalue weighted by molar-refractivity contribution is 7.27. The van der Waals surface area contributed by atoms with Gasteiger partial charge < -0.3 is 0 Å². The van der Waals surface area contributed by atoms with E-state index in [1.54, 1.807) is 22.7 Å². The monoisotopic (exact) mass is 286 g/mol. The predicted octanol–water partition coefficient (Wildman–Crippen LogP) is 5.01. The van der Waals surface area contributed by atoms with E-state index in [1.807, 2.05) is 6.07 Å². The third kappa shape index (κ3) is 2.48. The van der Waals surface area contributed by atoms with Crippen LogP contribution in [0.25, 0.3) is 9.40 Å². The van der Waals surface area contributed by atoms with Crippen molar-refractivity contribution in [2.45, 2.75) is 20.3 Å². The molecule has 2 aromatic heterocycles. The van der Waals surface area contributed by atoms with E-state index in [2.05, 4.69) is 43.5 Å². The minimum absolute atomic E-state index is 0.219. The molecule has 0 saturated heterocycles. The van der Waals surface area contributed by atoms with Crippen LogP contribution >= 0.6 is 22.7 Å². The molecular weight excluding hydrogens is 272 g/mol.